The predicted octanol–water partition coefficient (Wildman–Crippen LogP) is 2.90. The smallest absolute Gasteiger partial charge is 0.251 e. The third-order valence-corrected chi connectivity index (χ3v) is 2.50. The molecule has 0 aromatic carbocycles. The minimum absolute atomic E-state index is 0.0653. The lowest BCUT2D eigenvalue weighted by Gasteiger charge is -2.26. The SMILES string of the molecule is CC(C)(C)c1ccc(=O)n(C(C)(C)C)c1. The minimum atomic E-state index is -0.154. The van der Waals surface area contributed by atoms with Gasteiger partial charge in [-0.2, -0.15) is 0 Å². The Morgan fingerprint density at radius 1 is 1.00 bits per heavy atom. The summed E-state index contributed by atoms with van der Waals surface area (Å²) in [5.41, 5.74) is 1.19. The monoisotopic (exact) mass is 207 g/mol. The fraction of sp³-hybridized carbons (Fsp3) is 0.615. The van der Waals surface area contributed by atoms with E-state index in [-0.39, 0.29) is 16.5 Å². The topological polar surface area (TPSA) is 22.0 Å². The van der Waals surface area contributed by atoms with Crippen molar-refractivity contribution >= 4 is 0 Å². The van der Waals surface area contributed by atoms with Gasteiger partial charge >= 0.3 is 0 Å². The van der Waals surface area contributed by atoms with Crippen LogP contribution in [0.1, 0.15) is 47.1 Å². The molecule has 1 rings (SSSR count). The van der Waals surface area contributed by atoms with E-state index < -0.39 is 0 Å². The zero-order chi connectivity index (χ0) is 11.9. The zero-order valence-corrected chi connectivity index (χ0v) is 10.6. The third-order valence-electron chi connectivity index (χ3n) is 2.50. The molecule has 1 heterocycles. The Hall–Kier alpha value is -1.05. The lowest BCUT2D eigenvalue weighted by molar-refractivity contribution is 0.379. The van der Waals surface area contributed by atoms with E-state index in [4.69, 9.17) is 0 Å². The molecule has 0 amide bonds. The predicted molar refractivity (Wildman–Crippen MR) is 64.4 cm³/mol. The molecule has 0 saturated heterocycles. The molecule has 1 aromatic heterocycles. The van der Waals surface area contributed by atoms with E-state index in [1.807, 2.05) is 33.0 Å². The maximum atomic E-state index is 11.7. The second-order valence-corrected chi connectivity index (χ2v) is 6.05. The Balaban J connectivity index is 3.37. The maximum Gasteiger partial charge on any atom is 0.251 e. The van der Waals surface area contributed by atoms with Crippen LogP contribution in [0.15, 0.2) is 23.1 Å². The van der Waals surface area contributed by atoms with Gasteiger partial charge in [0, 0.05) is 17.8 Å². The van der Waals surface area contributed by atoms with Crippen molar-refractivity contribution in [2.45, 2.75) is 52.5 Å². The molecule has 0 aliphatic rings. The normalized spacial score (nSPS) is 12.9. The van der Waals surface area contributed by atoms with Gasteiger partial charge in [-0.1, -0.05) is 26.8 Å². The van der Waals surface area contributed by atoms with Crippen LogP contribution in [0.25, 0.3) is 0 Å². The average molecular weight is 207 g/mol. The maximum absolute atomic E-state index is 11.7. The molecular weight excluding hydrogens is 186 g/mol. The molecule has 2 heteroatoms. The van der Waals surface area contributed by atoms with E-state index >= 15 is 0 Å². The molecule has 0 N–H and O–H groups in total. The number of rotatable bonds is 0. The van der Waals surface area contributed by atoms with Crippen LogP contribution in [0.4, 0.5) is 0 Å². The van der Waals surface area contributed by atoms with Crippen LogP contribution >= 0.6 is 0 Å². The highest BCUT2D eigenvalue weighted by Crippen LogP contribution is 2.22. The fourth-order valence-electron chi connectivity index (χ4n) is 1.45. The first-order valence-electron chi connectivity index (χ1n) is 5.36. The van der Waals surface area contributed by atoms with Crippen LogP contribution in [-0.2, 0) is 11.0 Å². The lowest BCUT2D eigenvalue weighted by atomic mass is 9.88. The first kappa shape index (κ1) is 12.0. The van der Waals surface area contributed by atoms with Crippen molar-refractivity contribution < 1.29 is 0 Å². The molecule has 1 aromatic rings. The van der Waals surface area contributed by atoms with Crippen LogP contribution < -0.4 is 5.56 Å². The number of aromatic nitrogens is 1. The average Bonchev–Trinajstić information content (AvgIpc) is 2.00. The van der Waals surface area contributed by atoms with Crippen LogP contribution in [-0.4, -0.2) is 4.57 Å². The molecule has 0 aliphatic carbocycles. The Kier molecular flexibility index (Phi) is 2.81. The summed E-state index contributed by atoms with van der Waals surface area (Å²) in [5, 5.41) is 0. The van der Waals surface area contributed by atoms with Gasteiger partial charge in [-0.25, -0.2) is 0 Å². The van der Waals surface area contributed by atoms with Crippen molar-refractivity contribution in [1.29, 1.82) is 0 Å². The largest absolute Gasteiger partial charge is 0.310 e. The Morgan fingerprint density at radius 3 is 1.93 bits per heavy atom. The first-order valence-corrected chi connectivity index (χ1v) is 5.36. The number of nitrogens with zero attached hydrogens (tertiary/aromatic N) is 1. The summed E-state index contributed by atoms with van der Waals surface area (Å²) in [5.74, 6) is 0. The van der Waals surface area contributed by atoms with Crippen molar-refractivity contribution in [3.63, 3.8) is 0 Å². The van der Waals surface area contributed by atoms with Gasteiger partial charge in [-0.15, -0.1) is 0 Å². The Morgan fingerprint density at radius 2 is 1.53 bits per heavy atom. The van der Waals surface area contributed by atoms with E-state index in [0.717, 1.165) is 0 Å². The zero-order valence-electron chi connectivity index (χ0n) is 10.6. The summed E-state index contributed by atoms with van der Waals surface area (Å²) < 4.78 is 1.80. The quantitative estimate of drug-likeness (QED) is 0.641. The minimum Gasteiger partial charge on any atom is -0.310 e. The summed E-state index contributed by atoms with van der Waals surface area (Å²) >= 11 is 0. The highest BCUT2D eigenvalue weighted by atomic mass is 16.1. The molecular formula is C13H21NO. The summed E-state index contributed by atoms with van der Waals surface area (Å²) in [4.78, 5) is 11.7. The Labute approximate surface area is 91.9 Å². The highest BCUT2D eigenvalue weighted by molar-refractivity contribution is 5.19. The van der Waals surface area contributed by atoms with Crippen molar-refractivity contribution in [3.8, 4) is 0 Å². The summed E-state index contributed by atoms with van der Waals surface area (Å²) in [6, 6.07) is 3.58. The van der Waals surface area contributed by atoms with E-state index in [2.05, 4.69) is 20.8 Å². The van der Waals surface area contributed by atoms with Crippen molar-refractivity contribution in [3.05, 3.63) is 34.2 Å². The standard InChI is InChI=1S/C13H21NO/c1-12(2,3)10-7-8-11(15)14(9-10)13(4,5)6/h7-9H,1-6H3. The third kappa shape index (κ3) is 2.71. The molecule has 0 saturated carbocycles. The van der Waals surface area contributed by atoms with E-state index in [0.29, 0.717) is 0 Å². The summed E-state index contributed by atoms with van der Waals surface area (Å²) in [6.45, 7) is 12.6. The van der Waals surface area contributed by atoms with Gasteiger partial charge in [-0.05, 0) is 31.7 Å². The lowest BCUT2D eigenvalue weighted by Crippen LogP contribution is -2.34. The van der Waals surface area contributed by atoms with Gasteiger partial charge < -0.3 is 4.57 Å². The number of pyridine rings is 1. The molecule has 15 heavy (non-hydrogen) atoms. The first-order chi connectivity index (χ1) is 6.62. The second-order valence-electron chi connectivity index (χ2n) is 6.05. The molecule has 0 atom stereocenters. The molecule has 0 bridgehead atoms. The van der Waals surface area contributed by atoms with Crippen molar-refractivity contribution in [1.82, 2.24) is 4.57 Å². The van der Waals surface area contributed by atoms with Crippen molar-refractivity contribution in [2.75, 3.05) is 0 Å². The fourth-order valence-corrected chi connectivity index (χ4v) is 1.45. The Bertz CT molecular complexity index is 402. The molecule has 0 spiro atoms. The van der Waals surface area contributed by atoms with Gasteiger partial charge in [-0.3, -0.25) is 4.79 Å². The van der Waals surface area contributed by atoms with E-state index in [1.54, 1.807) is 10.6 Å². The van der Waals surface area contributed by atoms with Crippen LogP contribution in [0, 0.1) is 0 Å². The molecule has 84 valence electrons. The second kappa shape index (κ2) is 3.51. The van der Waals surface area contributed by atoms with Gasteiger partial charge in [0.2, 0.25) is 0 Å². The summed E-state index contributed by atoms with van der Waals surface area (Å²) in [6.07, 6.45) is 1.97. The van der Waals surface area contributed by atoms with Gasteiger partial charge in [0.1, 0.15) is 0 Å². The number of hydrogen-bond donors (Lipinski definition) is 0. The molecule has 2 nitrogen and oxygen atoms in total. The molecule has 0 radical (unpaired) electrons. The summed E-state index contributed by atoms with van der Waals surface area (Å²) in [7, 11) is 0. The van der Waals surface area contributed by atoms with Crippen LogP contribution in [0.2, 0.25) is 0 Å². The van der Waals surface area contributed by atoms with Crippen LogP contribution in [0.3, 0.4) is 0 Å². The molecule has 0 fully saturated rings. The number of hydrogen-bond acceptors (Lipinski definition) is 1. The molecule has 0 unspecified atom stereocenters. The molecule has 0 aliphatic heterocycles. The van der Waals surface area contributed by atoms with Gasteiger partial charge in [0.25, 0.3) is 5.56 Å². The van der Waals surface area contributed by atoms with E-state index in [1.165, 1.54) is 5.56 Å². The van der Waals surface area contributed by atoms with Gasteiger partial charge in [0.05, 0.1) is 0 Å². The highest BCUT2D eigenvalue weighted by Gasteiger charge is 2.19. The van der Waals surface area contributed by atoms with E-state index in [9.17, 15) is 4.79 Å². The van der Waals surface area contributed by atoms with Crippen LogP contribution in [0.5, 0.6) is 0 Å². The van der Waals surface area contributed by atoms with Crippen molar-refractivity contribution in [2.24, 2.45) is 0 Å². The van der Waals surface area contributed by atoms with Gasteiger partial charge in [0.15, 0.2) is 0 Å².